The van der Waals surface area contributed by atoms with E-state index in [1.807, 2.05) is 19.1 Å². The SMILES string of the molecule is C=CCCCC=CCC(C)(O)CC=CCCCC=C. The third-order valence-electron chi connectivity index (χ3n) is 3.01. The third kappa shape index (κ3) is 13.2. The van der Waals surface area contributed by atoms with Gasteiger partial charge in [0.2, 0.25) is 0 Å². The lowest BCUT2D eigenvalue weighted by Crippen LogP contribution is -2.21. The molecule has 0 fully saturated rings. The van der Waals surface area contributed by atoms with Crippen LogP contribution in [-0.2, 0) is 0 Å². The first-order chi connectivity index (χ1) is 9.12. The maximum Gasteiger partial charge on any atom is 0.0688 e. The van der Waals surface area contributed by atoms with E-state index in [4.69, 9.17) is 0 Å². The van der Waals surface area contributed by atoms with E-state index in [0.717, 1.165) is 51.4 Å². The first-order valence-corrected chi connectivity index (χ1v) is 7.36. The van der Waals surface area contributed by atoms with Crippen molar-refractivity contribution in [2.45, 2.75) is 63.9 Å². The lowest BCUT2D eigenvalue weighted by atomic mass is 9.97. The Hall–Kier alpha value is -1.08. The lowest BCUT2D eigenvalue weighted by molar-refractivity contribution is 0.0663. The molecule has 1 heteroatoms. The fraction of sp³-hybridized carbons (Fsp3) is 0.556. The highest BCUT2D eigenvalue weighted by molar-refractivity contribution is 4.95. The first kappa shape index (κ1) is 17.9. The third-order valence-corrected chi connectivity index (χ3v) is 3.01. The molecule has 1 N–H and O–H groups in total. The average molecular weight is 262 g/mol. The number of rotatable bonds is 12. The second kappa shape index (κ2) is 12.0. The predicted octanol–water partition coefficient (Wildman–Crippen LogP) is 5.34. The summed E-state index contributed by atoms with van der Waals surface area (Å²) < 4.78 is 0. The summed E-state index contributed by atoms with van der Waals surface area (Å²) in [7, 11) is 0. The van der Waals surface area contributed by atoms with E-state index in [0.29, 0.717) is 0 Å². The summed E-state index contributed by atoms with van der Waals surface area (Å²) in [6, 6.07) is 0. The van der Waals surface area contributed by atoms with Gasteiger partial charge < -0.3 is 5.11 Å². The molecule has 0 aromatic carbocycles. The fourth-order valence-electron chi connectivity index (χ4n) is 1.75. The van der Waals surface area contributed by atoms with Crippen molar-refractivity contribution in [3.05, 3.63) is 49.6 Å². The van der Waals surface area contributed by atoms with Crippen LogP contribution in [0.25, 0.3) is 0 Å². The highest BCUT2D eigenvalue weighted by Gasteiger charge is 2.15. The lowest BCUT2D eigenvalue weighted by Gasteiger charge is -2.19. The normalized spacial score (nSPS) is 14.8. The molecule has 19 heavy (non-hydrogen) atoms. The van der Waals surface area contributed by atoms with Gasteiger partial charge >= 0.3 is 0 Å². The van der Waals surface area contributed by atoms with E-state index in [2.05, 4.69) is 37.5 Å². The Labute approximate surface area is 119 Å². The highest BCUT2D eigenvalue weighted by Crippen LogP contribution is 2.16. The second-order valence-corrected chi connectivity index (χ2v) is 5.29. The van der Waals surface area contributed by atoms with Crippen molar-refractivity contribution >= 4 is 0 Å². The highest BCUT2D eigenvalue weighted by atomic mass is 16.3. The van der Waals surface area contributed by atoms with Gasteiger partial charge in [0, 0.05) is 0 Å². The monoisotopic (exact) mass is 262 g/mol. The molecular formula is C18H30O. The fourth-order valence-corrected chi connectivity index (χ4v) is 1.75. The van der Waals surface area contributed by atoms with Gasteiger partial charge in [0.1, 0.15) is 0 Å². The zero-order valence-corrected chi connectivity index (χ0v) is 12.5. The van der Waals surface area contributed by atoms with Gasteiger partial charge in [-0.05, 0) is 58.3 Å². The Balaban J connectivity index is 3.72. The van der Waals surface area contributed by atoms with Crippen molar-refractivity contribution in [2.75, 3.05) is 0 Å². The molecular weight excluding hydrogens is 232 g/mol. The predicted molar refractivity (Wildman–Crippen MR) is 86.2 cm³/mol. The van der Waals surface area contributed by atoms with Crippen LogP contribution in [0.4, 0.5) is 0 Å². The zero-order chi connectivity index (χ0) is 14.4. The van der Waals surface area contributed by atoms with Gasteiger partial charge in [0.25, 0.3) is 0 Å². The molecule has 0 heterocycles. The van der Waals surface area contributed by atoms with Gasteiger partial charge in [0.05, 0.1) is 5.60 Å². The van der Waals surface area contributed by atoms with Gasteiger partial charge in [-0.3, -0.25) is 0 Å². The molecule has 0 aromatic rings. The van der Waals surface area contributed by atoms with Crippen molar-refractivity contribution in [2.24, 2.45) is 0 Å². The van der Waals surface area contributed by atoms with Crippen LogP contribution in [0.5, 0.6) is 0 Å². The Morgan fingerprint density at radius 1 is 0.789 bits per heavy atom. The number of allylic oxidation sites excluding steroid dienone is 4. The zero-order valence-electron chi connectivity index (χ0n) is 12.5. The van der Waals surface area contributed by atoms with Crippen LogP contribution in [0.2, 0.25) is 0 Å². The molecule has 0 aliphatic carbocycles. The summed E-state index contributed by atoms with van der Waals surface area (Å²) in [6.07, 6.45) is 20.4. The molecule has 0 amide bonds. The standard InChI is InChI=1S/C18H30O/c1-4-6-8-10-12-14-16-18(3,19)17-15-13-11-9-7-5-2/h4-5,12-15,19H,1-2,6-11,16-17H2,3H3. The van der Waals surface area contributed by atoms with Crippen molar-refractivity contribution in [3.8, 4) is 0 Å². The molecule has 0 unspecified atom stereocenters. The minimum absolute atomic E-state index is 0.621. The molecule has 0 spiro atoms. The average Bonchev–Trinajstić information content (AvgIpc) is 2.38. The minimum atomic E-state index is -0.621. The summed E-state index contributed by atoms with van der Waals surface area (Å²) in [5, 5.41) is 10.2. The largest absolute Gasteiger partial charge is 0.390 e. The topological polar surface area (TPSA) is 20.2 Å². The van der Waals surface area contributed by atoms with Gasteiger partial charge in [-0.2, -0.15) is 0 Å². The van der Waals surface area contributed by atoms with E-state index in [1.165, 1.54) is 0 Å². The minimum Gasteiger partial charge on any atom is -0.390 e. The maximum atomic E-state index is 10.2. The van der Waals surface area contributed by atoms with E-state index in [1.54, 1.807) is 0 Å². The summed E-state index contributed by atoms with van der Waals surface area (Å²) in [6.45, 7) is 9.30. The molecule has 108 valence electrons. The van der Waals surface area contributed by atoms with E-state index in [9.17, 15) is 5.11 Å². The Morgan fingerprint density at radius 2 is 1.21 bits per heavy atom. The quantitative estimate of drug-likeness (QED) is 0.371. The molecule has 0 radical (unpaired) electrons. The van der Waals surface area contributed by atoms with Crippen LogP contribution >= 0.6 is 0 Å². The second-order valence-electron chi connectivity index (χ2n) is 5.29. The van der Waals surface area contributed by atoms with Crippen molar-refractivity contribution < 1.29 is 5.11 Å². The van der Waals surface area contributed by atoms with Gasteiger partial charge in [-0.1, -0.05) is 36.5 Å². The van der Waals surface area contributed by atoms with Crippen LogP contribution in [0.1, 0.15) is 58.3 Å². The Bertz CT molecular complexity index is 256. The molecule has 0 atom stereocenters. The number of aliphatic hydroxyl groups is 1. The molecule has 0 rings (SSSR count). The van der Waals surface area contributed by atoms with Crippen molar-refractivity contribution in [1.29, 1.82) is 0 Å². The summed E-state index contributed by atoms with van der Waals surface area (Å²) in [5.74, 6) is 0. The van der Waals surface area contributed by atoms with Crippen LogP contribution < -0.4 is 0 Å². The molecule has 1 nitrogen and oxygen atoms in total. The Morgan fingerprint density at radius 3 is 1.58 bits per heavy atom. The number of hydrogen-bond acceptors (Lipinski definition) is 1. The van der Waals surface area contributed by atoms with Crippen molar-refractivity contribution in [3.63, 3.8) is 0 Å². The summed E-state index contributed by atoms with van der Waals surface area (Å²) in [4.78, 5) is 0. The molecule has 0 saturated heterocycles. The molecule has 0 aliphatic heterocycles. The number of hydrogen-bond donors (Lipinski definition) is 1. The number of unbranched alkanes of at least 4 members (excludes halogenated alkanes) is 4. The first-order valence-electron chi connectivity index (χ1n) is 7.36. The smallest absolute Gasteiger partial charge is 0.0688 e. The van der Waals surface area contributed by atoms with E-state index < -0.39 is 5.60 Å². The van der Waals surface area contributed by atoms with Gasteiger partial charge in [-0.15, -0.1) is 13.2 Å². The maximum absolute atomic E-state index is 10.2. The van der Waals surface area contributed by atoms with Crippen molar-refractivity contribution in [1.82, 2.24) is 0 Å². The van der Waals surface area contributed by atoms with Crippen LogP contribution in [-0.4, -0.2) is 10.7 Å². The Kier molecular flexibility index (Phi) is 11.3. The molecule has 0 aromatic heterocycles. The van der Waals surface area contributed by atoms with E-state index in [-0.39, 0.29) is 0 Å². The van der Waals surface area contributed by atoms with Gasteiger partial charge in [-0.25, -0.2) is 0 Å². The van der Waals surface area contributed by atoms with Crippen LogP contribution in [0.15, 0.2) is 49.6 Å². The van der Waals surface area contributed by atoms with Crippen LogP contribution in [0.3, 0.4) is 0 Å². The summed E-state index contributed by atoms with van der Waals surface area (Å²) >= 11 is 0. The summed E-state index contributed by atoms with van der Waals surface area (Å²) in [5.41, 5.74) is -0.621. The molecule has 0 saturated carbocycles. The molecule has 0 aliphatic rings. The van der Waals surface area contributed by atoms with E-state index >= 15 is 0 Å². The van der Waals surface area contributed by atoms with Gasteiger partial charge in [0.15, 0.2) is 0 Å². The van der Waals surface area contributed by atoms with Crippen LogP contribution in [0, 0.1) is 0 Å². The molecule has 0 bridgehead atoms.